The molecule has 0 aliphatic rings. The average molecular weight is 592 g/mol. The van der Waals surface area contributed by atoms with E-state index < -0.39 is 44.8 Å². The van der Waals surface area contributed by atoms with E-state index in [2.05, 4.69) is 31.8 Å². The van der Waals surface area contributed by atoms with Gasteiger partial charge in [-0.15, -0.1) is 0 Å². The third kappa shape index (κ3) is 7.06. The van der Waals surface area contributed by atoms with Crippen LogP contribution in [-0.2, 0) is 15.9 Å². The molecule has 1 unspecified atom stereocenters. The van der Waals surface area contributed by atoms with Crippen molar-refractivity contribution in [1.82, 2.24) is 9.97 Å². The fourth-order valence-corrected chi connectivity index (χ4v) is 4.25. The molecular formula is C26H22F5N7O2S. The molecule has 4 rings (SSSR count). The lowest BCUT2D eigenvalue weighted by atomic mass is 10.1. The quantitative estimate of drug-likeness (QED) is 0.136. The summed E-state index contributed by atoms with van der Waals surface area (Å²) in [5.74, 6) is 1.94. The number of rotatable bonds is 7. The Kier molecular flexibility index (Phi) is 8.12. The van der Waals surface area contributed by atoms with Crippen LogP contribution in [0.5, 0.6) is 0 Å². The number of urea groups is 1. The maximum absolute atomic E-state index is 14.9. The van der Waals surface area contributed by atoms with Gasteiger partial charge < -0.3 is 21.3 Å². The van der Waals surface area contributed by atoms with Crippen LogP contribution in [-0.4, -0.2) is 33.1 Å². The summed E-state index contributed by atoms with van der Waals surface area (Å²) in [5, 5.41) is 15.5. The zero-order chi connectivity index (χ0) is 29.9. The standard InChI is InChI=1S/C26H22F5N7O2S/c1-33-23-18(13-34-24(38-23)35-16-4-3-5-17(12-16)41(2,32)40)14-6-9-21(20(28)10-14)36-25(39)37-22-11-15(26(29,30)31)7-8-19(22)27/h3-13H,2H2,1H3,(H2,32,40)(H2,36,37,39)(H2,33,34,35,38). The molecule has 15 heteroatoms. The van der Waals surface area contributed by atoms with Crippen LogP contribution in [0.3, 0.4) is 0 Å². The SMILES string of the molecule is C=S(N)(=O)c1cccc(Nc2ncc(-c3ccc(NC(=O)Nc4cc(C(F)(F)F)ccc4F)c(F)c3)c(NC)n2)c1. The molecule has 214 valence electrons. The molecule has 3 aromatic carbocycles. The molecule has 0 saturated heterocycles. The van der Waals surface area contributed by atoms with Gasteiger partial charge in [0.05, 0.1) is 26.6 Å². The number of carbonyl (C=O) groups excluding carboxylic acids is 1. The zero-order valence-electron chi connectivity index (χ0n) is 21.1. The molecule has 2 amide bonds. The van der Waals surface area contributed by atoms with Gasteiger partial charge in [-0.05, 0) is 60.0 Å². The molecule has 4 aromatic rings. The van der Waals surface area contributed by atoms with E-state index in [1.54, 1.807) is 31.3 Å². The molecule has 0 aliphatic heterocycles. The maximum atomic E-state index is 14.9. The van der Waals surface area contributed by atoms with Crippen LogP contribution in [0.25, 0.3) is 11.1 Å². The summed E-state index contributed by atoms with van der Waals surface area (Å²) in [6.07, 6.45) is -3.33. The van der Waals surface area contributed by atoms with Crippen LogP contribution in [0.1, 0.15) is 5.56 Å². The van der Waals surface area contributed by atoms with Crippen molar-refractivity contribution in [2.75, 3.05) is 28.3 Å². The summed E-state index contributed by atoms with van der Waals surface area (Å²) < 4.78 is 79.6. The number of nitrogens with zero attached hydrogens (tertiary/aromatic N) is 2. The number of hydrogen-bond donors (Lipinski definition) is 5. The van der Waals surface area contributed by atoms with Gasteiger partial charge in [0, 0.05) is 29.4 Å². The Hall–Kier alpha value is -4.76. The second-order valence-corrected chi connectivity index (χ2v) is 10.5. The lowest BCUT2D eigenvalue weighted by Gasteiger charge is -2.14. The Morgan fingerprint density at radius 1 is 0.976 bits per heavy atom. The van der Waals surface area contributed by atoms with Crippen LogP contribution in [0.4, 0.5) is 55.6 Å². The Labute approximate surface area is 231 Å². The Bertz CT molecular complexity index is 1730. The highest BCUT2D eigenvalue weighted by Gasteiger charge is 2.31. The van der Waals surface area contributed by atoms with Crippen LogP contribution in [0.2, 0.25) is 0 Å². The zero-order valence-corrected chi connectivity index (χ0v) is 22.0. The highest BCUT2D eigenvalue weighted by atomic mass is 32.2. The van der Waals surface area contributed by atoms with E-state index in [9.17, 15) is 31.0 Å². The lowest BCUT2D eigenvalue weighted by Crippen LogP contribution is -2.21. The number of amides is 2. The maximum Gasteiger partial charge on any atom is 0.416 e. The van der Waals surface area contributed by atoms with E-state index >= 15 is 0 Å². The summed E-state index contributed by atoms with van der Waals surface area (Å²) in [6.45, 7) is 0. The minimum Gasteiger partial charge on any atom is -0.372 e. The Morgan fingerprint density at radius 2 is 1.71 bits per heavy atom. The van der Waals surface area contributed by atoms with Crippen LogP contribution in [0, 0.1) is 11.6 Å². The van der Waals surface area contributed by atoms with Crippen LogP contribution >= 0.6 is 0 Å². The fourth-order valence-electron chi connectivity index (χ4n) is 3.62. The van der Waals surface area contributed by atoms with Gasteiger partial charge in [-0.2, -0.15) is 18.2 Å². The van der Waals surface area contributed by atoms with Crippen molar-refractivity contribution < 1.29 is 31.0 Å². The van der Waals surface area contributed by atoms with Gasteiger partial charge in [0.1, 0.15) is 17.5 Å². The molecule has 9 nitrogen and oxygen atoms in total. The van der Waals surface area contributed by atoms with Crippen molar-refractivity contribution in [3.63, 3.8) is 0 Å². The molecule has 0 aliphatic carbocycles. The molecule has 6 N–H and O–H groups in total. The first kappa shape index (κ1) is 29.2. The molecule has 0 fully saturated rings. The summed E-state index contributed by atoms with van der Waals surface area (Å²) in [5.41, 5.74) is -0.977. The third-order valence-corrected chi connectivity index (χ3v) is 6.64. The van der Waals surface area contributed by atoms with Gasteiger partial charge in [-0.25, -0.2) is 22.8 Å². The number of benzene rings is 3. The van der Waals surface area contributed by atoms with Crippen LogP contribution in [0.15, 0.2) is 71.8 Å². The van der Waals surface area contributed by atoms with E-state index in [1.165, 1.54) is 18.3 Å². The van der Waals surface area contributed by atoms with E-state index in [4.69, 9.17) is 5.14 Å². The number of anilines is 5. The normalized spacial score (nSPS) is 12.8. The van der Waals surface area contributed by atoms with Crippen molar-refractivity contribution in [2.45, 2.75) is 11.1 Å². The Morgan fingerprint density at radius 3 is 2.37 bits per heavy atom. The van der Waals surface area contributed by atoms with Crippen molar-refractivity contribution in [3.8, 4) is 11.1 Å². The smallest absolute Gasteiger partial charge is 0.372 e. The predicted octanol–water partition coefficient (Wildman–Crippen LogP) is 5.82. The largest absolute Gasteiger partial charge is 0.416 e. The average Bonchev–Trinajstić information content (AvgIpc) is 2.90. The second kappa shape index (κ2) is 11.4. The number of alkyl halides is 3. The second-order valence-electron chi connectivity index (χ2n) is 8.55. The molecule has 41 heavy (non-hydrogen) atoms. The van der Waals surface area contributed by atoms with Gasteiger partial charge in [-0.3, -0.25) is 5.14 Å². The van der Waals surface area contributed by atoms with Crippen molar-refractivity contribution in [3.05, 3.63) is 84.1 Å². The first-order chi connectivity index (χ1) is 19.2. The molecule has 0 radical (unpaired) electrons. The summed E-state index contributed by atoms with van der Waals surface area (Å²) >= 11 is 0. The summed E-state index contributed by atoms with van der Waals surface area (Å²) in [6, 6.07) is 10.6. The van der Waals surface area contributed by atoms with Crippen molar-refractivity contribution in [2.24, 2.45) is 5.14 Å². The molecule has 1 aromatic heterocycles. The van der Waals surface area contributed by atoms with E-state index in [-0.39, 0.29) is 11.6 Å². The van der Waals surface area contributed by atoms with Gasteiger partial charge >= 0.3 is 12.2 Å². The van der Waals surface area contributed by atoms with Gasteiger partial charge in [-0.1, -0.05) is 12.1 Å². The topological polar surface area (TPSA) is 134 Å². The highest BCUT2D eigenvalue weighted by molar-refractivity contribution is 7.98. The summed E-state index contributed by atoms with van der Waals surface area (Å²) in [7, 11) is -1.34. The van der Waals surface area contributed by atoms with Crippen LogP contribution < -0.4 is 26.4 Å². The van der Waals surface area contributed by atoms with E-state index in [0.717, 1.165) is 6.07 Å². The Balaban J connectivity index is 1.51. The summed E-state index contributed by atoms with van der Waals surface area (Å²) in [4.78, 5) is 21.2. The number of nitrogens with two attached hydrogens (primary N) is 1. The first-order valence-electron chi connectivity index (χ1n) is 11.6. The monoisotopic (exact) mass is 591 g/mol. The number of aromatic nitrogens is 2. The van der Waals surface area contributed by atoms with Gasteiger partial charge in [0.2, 0.25) is 5.95 Å². The van der Waals surface area contributed by atoms with Crippen molar-refractivity contribution >= 4 is 50.4 Å². The number of hydrogen-bond acceptors (Lipinski definition) is 6. The predicted molar refractivity (Wildman–Crippen MR) is 148 cm³/mol. The molecule has 0 spiro atoms. The fraction of sp³-hybridized carbons (Fsp3) is 0.0769. The third-order valence-electron chi connectivity index (χ3n) is 5.58. The minimum atomic E-state index is -4.75. The number of nitrogens with one attached hydrogen (secondary N) is 4. The molecule has 0 bridgehead atoms. The number of carbonyl (C=O) groups is 1. The first-order valence-corrected chi connectivity index (χ1v) is 13.3. The molecule has 1 heterocycles. The highest BCUT2D eigenvalue weighted by Crippen LogP contribution is 2.33. The van der Waals surface area contributed by atoms with E-state index in [1.807, 2.05) is 5.32 Å². The number of halogens is 5. The minimum absolute atomic E-state index is 0.167. The molecule has 0 saturated carbocycles. The van der Waals surface area contributed by atoms with Gasteiger partial charge in [0.15, 0.2) is 0 Å². The molecule has 1 atom stereocenters. The lowest BCUT2D eigenvalue weighted by molar-refractivity contribution is -0.137. The van der Waals surface area contributed by atoms with Gasteiger partial charge in [0.25, 0.3) is 0 Å². The van der Waals surface area contributed by atoms with Crippen molar-refractivity contribution in [1.29, 1.82) is 0 Å². The van der Waals surface area contributed by atoms with E-state index in [0.29, 0.717) is 45.7 Å². The molecular weight excluding hydrogens is 569 g/mol.